The Bertz CT molecular complexity index is 1040. The van der Waals surface area contributed by atoms with Gasteiger partial charge in [0.05, 0.1) is 17.5 Å². The lowest BCUT2D eigenvalue weighted by Gasteiger charge is -2.38. The summed E-state index contributed by atoms with van der Waals surface area (Å²) in [6.45, 7) is 15.6. The minimum atomic E-state index is -3.67. The van der Waals surface area contributed by atoms with Gasteiger partial charge < -0.3 is 13.9 Å². The summed E-state index contributed by atoms with van der Waals surface area (Å²) in [7, 11) is -3.85. The average Bonchev–Trinajstić information content (AvgIpc) is 3.31. The van der Waals surface area contributed by atoms with E-state index in [9.17, 15) is 8.42 Å². The van der Waals surface area contributed by atoms with Gasteiger partial charge in [-0.05, 0) is 85.6 Å². The van der Waals surface area contributed by atoms with Crippen molar-refractivity contribution in [2.75, 3.05) is 19.7 Å². The van der Waals surface area contributed by atoms with Gasteiger partial charge in [-0.25, -0.2) is 8.42 Å². The van der Waals surface area contributed by atoms with E-state index in [1.54, 1.807) is 19.2 Å². The maximum absolute atomic E-state index is 13.1. The number of benzene rings is 1. The lowest BCUT2D eigenvalue weighted by molar-refractivity contribution is -0.0786. The van der Waals surface area contributed by atoms with Gasteiger partial charge in [0, 0.05) is 13.2 Å². The lowest BCUT2D eigenvalue weighted by Crippen LogP contribution is -2.43. The first-order valence-corrected chi connectivity index (χ1v) is 17.7. The van der Waals surface area contributed by atoms with E-state index < -0.39 is 18.2 Å². The van der Waals surface area contributed by atoms with Crippen molar-refractivity contribution < 1.29 is 22.3 Å². The summed E-state index contributed by atoms with van der Waals surface area (Å²) in [5, 5.41) is 11.4. The molecular formula is C26H46N4O5SSi. The van der Waals surface area contributed by atoms with Crippen LogP contribution in [0.5, 0.6) is 0 Å². The molecule has 1 aromatic heterocycles. The highest BCUT2D eigenvalue weighted by molar-refractivity contribution is 7.91. The highest BCUT2D eigenvalue weighted by atomic mass is 32.2. The second-order valence-electron chi connectivity index (χ2n) is 11.5. The van der Waals surface area contributed by atoms with E-state index in [0.29, 0.717) is 12.1 Å². The van der Waals surface area contributed by atoms with E-state index in [2.05, 4.69) is 56.3 Å². The van der Waals surface area contributed by atoms with Crippen LogP contribution in [-0.2, 0) is 23.7 Å². The molecule has 0 bridgehead atoms. The number of sulfone groups is 1. The van der Waals surface area contributed by atoms with Crippen LogP contribution in [-0.4, -0.2) is 68.8 Å². The lowest BCUT2D eigenvalue weighted by atomic mass is 10.0. The summed E-state index contributed by atoms with van der Waals surface area (Å²) < 4.78 is 45.1. The highest BCUT2D eigenvalue weighted by Gasteiger charge is 2.38. The molecule has 11 heteroatoms. The van der Waals surface area contributed by atoms with Crippen molar-refractivity contribution in [2.45, 2.75) is 102 Å². The Balaban J connectivity index is 1.90. The molecule has 2 rings (SSSR count). The van der Waals surface area contributed by atoms with Gasteiger partial charge >= 0.3 is 0 Å². The largest absolute Gasteiger partial charge is 0.414 e. The predicted octanol–water partition coefficient (Wildman–Crippen LogP) is 5.42. The number of tetrazole rings is 1. The Morgan fingerprint density at radius 2 is 1.70 bits per heavy atom. The summed E-state index contributed by atoms with van der Waals surface area (Å²) in [5.74, 6) is -0.116. The number of ether oxygens (including phenoxy) is 2. The molecule has 0 spiro atoms. The van der Waals surface area contributed by atoms with Gasteiger partial charge in [0.2, 0.25) is 9.84 Å². The average molecular weight is 555 g/mol. The second kappa shape index (κ2) is 13.9. The fraction of sp³-hybridized carbons (Fsp3) is 0.731. The first kappa shape index (κ1) is 31.6. The molecule has 3 atom stereocenters. The summed E-state index contributed by atoms with van der Waals surface area (Å²) in [5.41, 5.74) is 0.610. The SMILES string of the molecule is COCO[C@H](CCC[C@H](C)O[Si](C)(C)C(C)(C)C)CC[C@H](C)CS(=O)(=O)c1nnnn1-c1ccccc1. The molecule has 0 saturated carbocycles. The fourth-order valence-corrected chi connectivity index (χ4v) is 7.06. The van der Waals surface area contributed by atoms with Gasteiger partial charge in [-0.3, -0.25) is 0 Å². The van der Waals surface area contributed by atoms with E-state index in [-0.39, 0.29) is 40.9 Å². The molecular weight excluding hydrogens is 508 g/mol. The molecule has 0 aliphatic heterocycles. The van der Waals surface area contributed by atoms with Crippen molar-refractivity contribution in [1.82, 2.24) is 20.2 Å². The topological polar surface area (TPSA) is 105 Å². The Morgan fingerprint density at radius 3 is 2.32 bits per heavy atom. The third-order valence-corrected chi connectivity index (χ3v) is 13.5. The number of para-hydroxylation sites is 1. The monoisotopic (exact) mass is 554 g/mol. The van der Waals surface area contributed by atoms with Gasteiger partial charge in [0.1, 0.15) is 6.79 Å². The maximum atomic E-state index is 13.1. The smallest absolute Gasteiger partial charge is 0.272 e. The second-order valence-corrected chi connectivity index (χ2v) is 18.2. The van der Waals surface area contributed by atoms with Gasteiger partial charge in [-0.1, -0.05) is 51.0 Å². The van der Waals surface area contributed by atoms with Gasteiger partial charge in [0.25, 0.3) is 5.16 Å². The van der Waals surface area contributed by atoms with Crippen LogP contribution in [0.2, 0.25) is 18.1 Å². The quantitative estimate of drug-likeness (QED) is 0.200. The molecule has 210 valence electrons. The minimum absolute atomic E-state index is 0.000173. The molecule has 0 unspecified atom stereocenters. The number of methoxy groups -OCH3 is 1. The maximum Gasteiger partial charge on any atom is 0.272 e. The third kappa shape index (κ3) is 9.86. The summed E-state index contributed by atoms with van der Waals surface area (Å²) >= 11 is 0. The molecule has 0 fully saturated rings. The molecule has 0 N–H and O–H groups in total. The Morgan fingerprint density at radius 1 is 1.03 bits per heavy atom. The van der Waals surface area contributed by atoms with Crippen LogP contribution in [0.15, 0.2) is 35.5 Å². The molecule has 1 aromatic carbocycles. The molecule has 0 aliphatic rings. The van der Waals surface area contributed by atoms with E-state index in [1.165, 1.54) is 4.68 Å². The first-order valence-electron chi connectivity index (χ1n) is 13.1. The number of hydrogen-bond donors (Lipinski definition) is 0. The van der Waals surface area contributed by atoms with Crippen molar-refractivity contribution in [3.63, 3.8) is 0 Å². The van der Waals surface area contributed by atoms with Crippen LogP contribution in [0.4, 0.5) is 0 Å². The molecule has 0 amide bonds. The van der Waals surface area contributed by atoms with Gasteiger partial charge in [-0.15, -0.1) is 0 Å². The molecule has 1 heterocycles. The van der Waals surface area contributed by atoms with Crippen molar-refractivity contribution in [1.29, 1.82) is 0 Å². The van der Waals surface area contributed by atoms with Crippen LogP contribution in [0, 0.1) is 5.92 Å². The predicted molar refractivity (Wildman–Crippen MR) is 148 cm³/mol. The van der Waals surface area contributed by atoms with Gasteiger partial charge in [0.15, 0.2) is 8.32 Å². The standard InChI is InChI=1S/C26H46N4O5SSi/c1-21(19-36(31,32)25-27-28-29-30(25)23-14-10-9-11-15-23)17-18-24(34-20-33-6)16-12-13-22(2)35-37(7,8)26(3,4)5/h9-11,14-15,21-22,24H,12-13,16-20H2,1-8H3/t21-,22-,24+/m0/s1. The number of rotatable bonds is 16. The summed E-state index contributed by atoms with van der Waals surface area (Å²) in [6.07, 6.45) is 4.47. The molecule has 2 aromatic rings. The molecule has 0 saturated heterocycles. The van der Waals surface area contributed by atoms with E-state index in [0.717, 1.165) is 25.7 Å². The zero-order valence-electron chi connectivity index (χ0n) is 23.8. The number of nitrogens with zero attached hydrogens (tertiary/aromatic N) is 4. The first-order chi connectivity index (χ1) is 17.3. The third-order valence-electron chi connectivity index (χ3n) is 7.07. The molecule has 37 heavy (non-hydrogen) atoms. The van der Waals surface area contributed by atoms with Crippen LogP contribution in [0.1, 0.15) is 66.7 Å². The highest BCUT2D eigenvalue weighted by Crippen LogP contribution is 2.37. The summed E-state index contributed by atoms with van der Waals surface area (Å²) in [6, 6.07) is 9.03. The number of hydrogen-bond acceptors (Lipinski definition) is 8. The zero-order valence-corrected chi connectivity index (χ0v) is 25.6. The zero-order chi connectivity index (χ0) is 27.7. The van der Waals surface area contributed by atoms with E-state index >= 15 is 0 Å². The molecule has 0 radical (unpaired) electrons. The van der Waals surface area contributed by atoms with Crippen LogP contribution in [0.3, 0.4) is 0 Å². The van der Waals surface area contributed by atoms with E-state index in [1.807, 2.05) is 25.1 Å². The van der Waals surface area contributed by atoms with Crippen molar-refractivity contribution in [2.24, 2.45) is 5.92 Å². The fourth-order valence-electron chi connectivity index (χ4n) is 3.95. The Kier molecular flexibility index (Phi) is 11.9. The van der Waals surface area contributed by atoms with Crippen LogP contribution in [0.25, 0.3) is 5.69 Å². The van der Waals surface area contributed by atoms with Crippen LogP contribution >= 0.6 is 0 Å². The van der Waals surface area contributed by atoms with Crippen molar-refractivity contribution in [3.8, 4) is 5.69 Å². The van der Waals surface area contributed by atoms with Crippen LogP contribution < -0.4 is 0 Å². The van der Waals surface area contributed by atoms with Crippen molar-refractivity contribution >= 4 is 18.2 Å². The Labute approximate surface area is 224 Å². The van der Waals surface area contributed by atoms with E-state index in [4.69, 9.17) is 13.9 Å². The molecule has 0 aliphatic carbocycles. The summed E-state index contributed by atoms with van der Waals surface area (Å²) in [4.78, 5) is 0. The van der Waals surface area contributed by atoms with Crippen molar-refractivity contribution in [3.05, 3.63) is 30.3 Å². The Hall–Kier alpha value is -1.66. The minimum Gasteiger partial charge on any atom is -0.414 e. The normalized spacial score (nSPS) is 15.5. The number of aromatic nitrogens is 4. The van der Waals surface area contributed by atoms with Gasteiger partial charge in [-0.2, -0.15) is 4.68 Å². The molecule has 9 nitrogen and oxygen atoms in total.